The second-order valence-corrected chi connectivity index (χ2v) is 25.9. The quantitative estimate of drug-likeness (QED) is 0.0410. The Balaban J connectivity index is 2.30. The van der Waals surface area contributed by atoms with Crippen LogP contribution >= 0.6 is 44.3 Å². The van der Waals surface area contributed by atoms with Crippen LogP contribution in [0.3, 0.4) is 0 Å². The summed E-state index contributed by atoms with van der Waals surface area (Å²) in [6, 6.07) is 21.5. The molecular formula is C34H54BrO2PS2. The van der Waals surface area contributed by atoms with Gasteiger partial charge in [-0.25, -0.2) is 0 Å². The van der Waals surface area contributed by atoms with Crippen molar-refractivity contribution in [3.8, 4) is 0 Å². The van der Waals surface area contributed by atoms with E-state index in [1.807, 2.05) is 30.4 Å². The first-order chi connectivity index (χ1) is 19.3. The van der Waals surface area contributed by atoms with Crippen molar-refractivity contribution in [3.05, 3.63) is 60.7 Å². The van der Waals surface area contributed by atoms with Crippen LogP contribution in [0.15, 0.2) is 70.5 Å². The van der Waals surface area contributed by atoms with Gasteiger partial charge in [-0.15, -0.1) is 0 Å². The van der Waals surface area contributed by atoms with Crippen LogP contribution in [0.1, 0.15) is 98.3 Å². The number of esters is 1. The van der Waals surface area contributed by atoms with Crippen LogP contribution in [0.5, 0.6) is 0 Å². The van der Waals surface area contributed by atoms with Gasteiger partial charge < -0.3 is 0 Å². The number of halogens is 1. The van der Waals surface area contributed by atoms with Crippen molar-refractivity contribution in [1.82, 2.24) is 0 Å². The normalized spacial score (nSPS) is 13.1. The fraction of sp³-hybridized carbons (Fsp3) is 0.618. The van der Waals surface area contributed by atoms with E-state index in [4.69, 9.17) is 4.74 Å². The van der Waals surface area contributed by atoms with E-state index < -0.39 is 5.31 Å². The maximum atomic E-state index is 12.6. The summed E-state index contributed by atoms with van der Waals surface area (Å²) in [6.45, 7) is 9.35. The molecule has 0 atom stereocenters. The fourth-order valence-electron chi connectivity index (χ4n) is 5.51. The van der Waals surface area contributed by atoms with Gasteiger partial charge in [0.25, 0.3) is 0 Å². The van der Waals surface area contributed by atoms with Crippen molar-refractivity contribution in [2.45, 2.75) is 112 Å². The minimum absolute atomic E-state index is 0.0849. The molecule has 6 heteroatoms. The number of carbonyl (C=O) groups excluding carboxylic acids is 1. The van der Waals surface area contributed by atoms with Gasteiger partial charge in [-0.05, 0) is 0 Å². The number of ether oxygens (including phenoxy) is 1. The third-order valence-electron chi connectivity index (χ3n) is 7.85. The first-order valence-electron chi connectivity index (χ1n) is 15.7. The molecule has 0 radical (unpaired) electrons. The summed E-state index contributed by atoms with van der Waals surface area (Å²) in [5.74, 6) is -0.0849. The van der Waals surface area contributed by atoms with Crippen molar-refractivity contribution in [1.29, 1.82) is 0 Å². The molecule has 2 rings (SSSR count). The van der Waals surface area contributed by atoms with Crippen LogP contribution in [0.25, 0.3) is 0 Å². The Morgan fingerprint density at radius 1 is 0.700 bits per heavy atom. The van der Waals surface area contributed by atoms with E-state index in [2.05, 4.69) is 96.9 Å². The van der Waals surface area contributed by atoms with Crippen LogP contribution in [0.2, 0.25) is 0 Å². The van der Waals surface area contributed by atoms with E-state index in [0.29, 0.717) is 13.0 Å². The molecule has 226 valence electrons. The first kappa shape index (κ1) is 35.7. The van der Waals surface area contributed by atoms with Gasteiger partial charge in [-0.1, -0.05) is 0 Å². The molecule has 0 heterocycles. The molecule has 2 aromatic rings. The average molecular weight is 670 g/mol. The van der Waals surface area contributed by atoms with Gasteiger partial charge in [-0.3, -0.25) is 0 Å². The van der Waals surface area contributed by atoms with Crippen LogP contribution < -0.4 is 0 Å². The summed E-state index contributed by atoms with van der Waals surface area (Å²) in [7, 11) is 0. The molecule has 0 spiro atoms. The SMILES string of the molecule is CCCCP(Br)(CCCC)(CCCC)CCCCC(CCC(=O)OCC)(Sc1ccccc1)Sc1ccccc1. The third-order valence-corrected chi connectivity index (χ3v) is 20.9. The van der Waals surface area contributed by atoms with E-state index in [0.717, 1.165) is 12.8 Å². The molecule has 0 saturated heterocycles. The van der Waals surface area contributed by atoms with E-state index in [1.54, 1.807) is 0 Å². The van der Waals surface area contributed by atoms with E-state index >= 15 is 0 Å². The Hall–Kier alpha value is -0.480. The molecule has 0 amide bonds. The standard InChI is InChI=1S/C34H54BrO2PS2/c1-5-9-27-38(35,28-10-6-2,29-11-7-3)30-19-18-25-34(26-24-33(36)37-8-4,39-31-20-14-12-15-21-31)40-32-22-16-13-17-23-32/h12-17,20-23H,5-11,18-19,24-30H2,1-4H3. The molecule has 0 N–H and O–H groups in total. The third kappa shape index (κ3) is 12.8. The number of hydrogen-bond acceptors (Lipinski definition) is 4. The molecule has 40 heavy (non-hydrogen) atoms. The van der Waals surface area contributed by atoms with Crippen LogP contribution in [-0.4, -0.2) is 41.3 Å². The molecule has 2 aromatic carbocycles. The Morgan fingerprint density at radius 2 is 1.15 bits per heavy atom. The molecule has 0 aliphatic heterocycles. The van der Waals surface area contributed by atoms with Crippen molar-refractivity contribution in [3.63, 3.8) is 0 Å². The van der Waals surface area contributed by atoms with Crippen LogP contribution in [-0.2, 0) is 9.53 Å². The second kappa shape index (κ2) is 18.9. The maximum absolute atomic E-state index is 12.6. The predicted molar refractivity (Wildman–Crippen MR) is 187 cm³/mol. The van der Waals surface area contributed by atoms with E-state index in [9.17, 15) is 4.79 Å². The van der Waals surface area contributed by atoms with Gasteiger partial charge in [0.2, 0.25) is 0 Å². The zero-order valence-corrected chi connectivity index (χ0v) is 29.7. The average Bonchev–Trinajstić information content (AvgIpc) is 2.97. The number of carbonyl (C=O) groups is 1. The number of unbranched alkanes of at least 4 members (excludes halogenated alkanes) is 4. The molecular weight excluding hydrogens is 615 g/mol. The molecule has 0 aliphatic carbocycles. The molecule has 0 saturated carbocycles. The van der Waals surface area contributed by atoms with Crippen molar-refractivity contribution in [2.75, 3.05) is 31.3 Å². The summed E-state index contributed by atoms with van der Waals surface area (Å²) in [5, 5.41) is -1.92. The topological polar surface area (TPSA) is 26.3 Å². The van der Waals surface area contributed by atoms with Crippen LogP contribution in [0.4, 0.5) is 0 Å². The summed E-state index contributed by atoms with van der Waals surface area (Å²) in [5.41, 5.74) is 0. The molecule has 0 aromatic heterocycles. The first-order valence-corrected chi connectivity index (χ1v) is 22.3. The van der Waals surface area contributed by atoms with Crippen LogP contribution in [0, 0.1) is 0 Å². The number of benzene rings is 2. The van der Waals surface area contributed by atoms with Crippen molar-refractivity contribution in [2.24, 2.45) is 0 Å². The Labute approximate surface area is 262 Å². The van der Waals surface area contributed by atoms with Crippen molar-refractivity contribution < 1.29 is 9.53 Å². The minimum atomic E-state index is -1.92. The van der Waals surface area contributed by atoms with Gasteiger partial charge in [0, 0.05) is 0 Å². The zero-order chi connectivity index (χ0) is 29.2. The summed E-state index contributed by atoms with van der Waals surface area (Å²) < 4.78 is 5.24. The Kier molecular flexibility index (Phi) is 16.9. The van der Waals surface area contributed by atoms with Crippen molar-refractivity contribution >= 4 is 50.3 Å². The molecule has 2 nitrogen and oxygen atoms in total. The number of hydrogen-bond donors (Lipinski definition) is 0. The fourth-order valence-corrected chi connectivity index (χ4v) is 17.3. The van der Waals surface area contributed by atoms with Gasteiger partial charge in [0.05, 0.1) is 0 Å². The van der Waals surface area contributed by atoms with Gasteiger partial charge in [0.1, 0.15) is 0 Å². The summed E-state index contributed by atoms with van der Waals surface area (Å²) >= 11 is 8.50. The van der Waals surface area contributed by atoms with Gasteiger partial charge in [-0.2, -0.15) is 0 Å². The molecule has 0 unspecified atom stereocenters. The van der Waals surface area contributed by atoms with E-state index in [1.165, 1.54) is 85.8 Å². The number of rotatable bonds is 22. The predicted octanol–water partition coefficient (Wildman–Crippen LogP) is 12.0. The number of thioether (sulfide) groups is 2. The zero-order valence-electron chi connectivity index (χ0n) is 25.5. The molecule has 0 fully saturated rings. The summed E-state index contributed by atoms with van der Waals surface area (Å²) in [4.78, 5) is 15.1. The Morgan fingerprint density at radius 3 is 1.57 bits per heavy atom. The Bertz CT molecular complexity index is 891. The summed E-state index contributed by atoms with van der Waals surface area (Å²) in [6.07, 6.45) is 18.2. The monoisotopic (exact) mass is 668 g/mol. The van der Waals surface area contributed by atoms with E-state index in [-0.39, 0.29) is 10.0 Å². The van der Waals surface area contributed by atoms with Gasteiger partial charge in [0.15, 0.2) is 0 Å². The molecule has 0 aliphatic rings. The molecule has 0 bridgehead atoms. The second-order valence-electron chi connectivity index (χ2n) is 11.3. The van der Waals surface area contributed by atoms with Gasteiger partial charge >= 0.3 is 264 Å².